The summed E-state index contributed by atoms with van der Waals surface area (Å²) in [5, 5.41) is 0.505. The quantitative estimate of drug-likeness (QED) is 0.874. The third kappa shape index (κ3) is 3.26. The van der Waals surface area contributed by atoms with E-state index < -0.39 is 0 Å². The predicted molar refractivity (Wildman–Crippen MR) is 78.1 cm³/mol. The fraction of sp³-hybridized carbons (Fsp3) is 0.133. The lowest BCUT2D eigenvalue weighted by Gasteiger charge is -2.18. The molecule has 0 heterocycles. The minimum atomic E-state index is -0.135. The average molecular weight is 275 g/mol. The number of nitrogen functional groups attached to an aromatic ring is 1. The van der Waals surface area contributed by atoms with Crippen LogP contribution in [0.4, 0.5) is 5.69 Å². The molecule has 2 N–H and O–H groups in total. The van der Waals surface area contributed by atoms with Crippen molar-refractivity contribution in [1.29, 1.82) is 0 Å². The van der Waals surface area contributed by atoms with Crippen LogP contribution in [0, 0.1) is 0 Å². The standard InChI is InChI=1S/C15H15ClN2O/c1-18(10-11-5-3-2-4-6-11)15(19)13-9-12(16)7-8-14(13)17/h2-9H,10,17H2,1H3. The Morgan fingerprint density at radius 1 is 1.21 bits per heavy atom. The van der Waals surface area contributed by atoms with Gasteiger partial charge in [0.1, 0.15) is 0 Å². The van der Waals surface area contributed by atoms with Gasteiger partial charge in [0.25, 0.3) is 5.91 Å². The highest BCUT2D eigenvalue weighted by Gasteiger charge is 2.15. The highest BCUT2D eigenvalue weighted by atomic mass is 35.5. The first-order valence-electron chi connectivity index (χ1n) is 5.92. The molecule has 2 aromatic rings. The number of carbonyl (C=O) groups excluding carboxylic acids is 1. The Morgan fingerprint density at radius 2 is 1.89 bits per heavy atom. The van der Waals surface area contributed by atoms with Gasteiger partial charge in [-0.2, -0.15) is 0 Å². The Balaban J connectivity index is 2.17. The van der Waals surface area contributed by atoms with E-state index in [0.717, 1.165) is 5.56 Å². The number of hydrogen-bond donors (Lipinski definition) is 1. The van der Waals surface area contributed by atoms with Crippen molar-refractivity contribution in [1.82, 2.24) is 4.90 Å². The molecule has 2 aromatic carbocycles. The molecule has 0 atom stereocenters. The Labute approximate surface area is 117 Å². The van der Waals surface area contributed by atoms with Crippen molar-refractivity contribution in [2.24, 2.45) is 0 Å². The van der Waals surface area contributed by atoms with Crippen molar-refractivity contribution in [3.63, 3.8) is 0 Å². The second kappa shape index (κ2) is 5.76. The van der Waals surface area contributed by atoms with Crippen LogP contribution in [0.3, 0.4) is 0 Å². The molecule has 0 aliphatic rings. The number of halogens is 1. The predicted octanol–water partition coefficient (Wildman–Crippen LogP) is 3.19. The Hall–Kier alpha value is -2.00. The fourth-order valence-corrected chi connectivity index (χ4v) is 2.02. The summed E-state index contributed by atoms with van der Waals surface area (Å²) in [6.07, 6.45) is 0. The summed E-state index contributed by atoms with van der Waals surface area (Å²) >= 11 is 5.90. The molecule has 0 saturated carbocycles. The zero-order valence-corrected chi connectivity index (χ0v) is 11.4. The van der Waals surface area contributed by atoms with E-state index >= 15 is 0 Å². The zero-order chi connectivity index (χ0) is 13.8. The summed E-state index contributed by atoms with van der Waals surface area (Å²) in [5.41, 5.74) is 7.76. The summed E-state index contributed by atoms with van der Waals surface area (Å²) in [6.45, 7) is 0.533. The Kier molecular flexibility index (Phi) is 4.07. The summed E-state index contributed by atoms with van der Waals surface area (Å²) in [5.74, 6) is -0.135. The lowest BCUT2D eigenvalue weighted by atomic mass is 10.1. The first kappa shape index (κ1) is 13.4. The summed E-state index contributed by atoms with van der Waals surface area (Å²) in [7, 11) is 1.75. The molecule has 0 bridgehead atoms. The van der Waals surface area contributed by atoms with Gasteiger partial charge in [-0.05, 0) is 23.8 Å². The average Bonchev–Trinajstić information content (AvgIpc) is 2.42. The van der Waals surface area contributed by atoms with Gasteiger partial charge in [0.05, 0.1) is 5.56 Å². The molecule has 0 spiro atoms. The molecule has 98 valence electrons. The fourth-order valence-electron chi connectivity index (χ4n) is 1.85. The lowest BCUT2D eigenvalue weighted by Crippen LogP contribution is -2.26. The molecule has 0 aromatic heterocycles. The largest absolute Gasteiger partial charge is 0.398 e. The summed E-state index contributed by atoms with van der Waals surface area (Å²) < 4.78 is 0. The summed E-state index contributed by atoms with van der Waals surface area (Å²) in [6, 6.07) is 14.7. The van der Waals surface area contributed by atoms with Crippen LogP contribution >= 0.6 is 11.6 Å². The molecular weight excluding hydrogens is 260 g/mol. The van der Waals surface area contributed by atoms with Gasteiger partial charge in [0, 0.05) is 24.3 Å². The second-order valence-electron chi connectivity index (χ2n) is 4.38. The number of rotatable bonds is 3. The van der Waals surface area contributed by atoms with E-state index in [-0.39, 0.29) is 5.91 Å². The van der Waals surface area contributed by atoms with Gasteiger partial charge < -0.3 is 10.6 Å². The van der Waals surface area contributed by atoms with Gasteiger partial charge in [0.2, 0.25) is 0 Å². The molecule has 0 saturated heterocycles. The molecule has 0 fully saturated rings. The van der Waals surface area contributed by atoms with Crippen molar-refractivity contribution in [3.8, 4) is 0 Å². The minimum absolute atomic E-state index is 0.135. The molecular formula is C15H15ClN2O. The first-order chi connectivity index (χ1) is 9.08. The smallest absolute Gasteiger partial charge is 0.256 e. The number of nitrogens with zero attached hydrogens (tertiary/aromatic N) is 1. The normalized spacial score (nSPS) is 10.2. The monoisotopic (exact) mass is 274 g/mol. The van der Waals surface area contributed by atoms with Crippen LogP contribution in [0.2, 0.25) is 5.02 Å². The van der Waals surface area contributed by atoms with Gasteiger partial charge in [-0.15, -0.1) is 0 Å². The second-order valence-corrected chi connectivity index (χ2v) is 4.81. The Morgan fingerprint density at radius 3 is 2.58 bits per heavy atom. The maximum Gasteiger partial charge on any atom is 0.256 e. The van der Waals surface area contributed by atoms with Gasteiger partial charge in [-0.3, -0.25) is 4.79 Å². The van der Waals surface area contributed by atoms with E-state index in [1.54, 1.807) is 30.1 Å². The van der Waals surface area contributed by atoms with Crippen molar-refractivity contribution in [3.05, 3.63) is 64.7 Å². The lowest BCUT2D eigenvalue weighted by molar-refractivity contribution is 0.0786. The van der Waals surface area contributed by atoms with E-state index in [4.69, 9.17) is 17.3 Å². The van der Waals surface area contributed by atoms with Gasteiger partial charge in [-0.25, -0.2) is 0 Å². The number of hydrogen-bond acceptors (Lipinski definition) is 2. The maximum atomic E-state index is 12.3. The summed E-state index contributed by atoms with van der Waals surface area (Å²) in [4.78, 5) is 13.9. The maximum absolute atomic E-state index is 12.3. The number of nitrogens with two attached hydrogens (primary N) is 1. The van der Waals surface area contributed by atoms with Crippen LogP contribution in [-0.4, -0.2) is 17.9 Å². The van der Waals surface area contributed by atoms with E-state index in [9.17, 15) is 4.79 Å². The van der Waals surface area contributed by atoms with Crippen molar-refractivity contribution in [2.45, 2.75) is 6.54 Å². The van der Waals surface area contributed by atoms with Crippen LogP contribution in [0.1, 0.15) is 15.9 Å². The van der Waals surface area contributed by atoms with E-state index in [0.29, 0.717) is 22.8 Å². The van der Waals surface area contributed by atoms with Crippen LogP contribution in [-0.2, 0) is 6.54 Å². The van der Waals surface area contributed by atoms with E-state index in [1.807, 2.05) is 30.3 Å². The molecule has 1 amide bonds. The zero-order valence-electron chi connectivity index (χ0n) is 10.6. The molecule has 0 radical (unpaired) electrons. The van der Waals surface area contributed by atoms with Crippen molar-refractivity contribution >= 4 is 23.2 Å². The topological polar surface area (TPSA) is 46.3 Å². The Bertz CT molecular complexity index is 584. The van der Waals surface area contributed by atoms with Crippen molar-refractivity contribution in [2.75, 3.05) is 12.8 Å². The van der Waals surface area contributed by atoms with Crippen LogP contribution in [0.15, 0.2) is 48.5 Å². The highest BCUT2D eigenvalue weighted by Crippen LogP contribution is 2.20. The molecule has 19 heavy (non-hydrogen) atoms. The molecule has 4 heteroatoms. The van der Waals surface area contributed by atoms with Crippen LogP contribution in [0.5, 0.6) is 0 Å². The number of anilines is 1. The molecule has 0 unspecified atom stereocenters. The number of amides is 1. The molecule has 0 aliphatic carbocycles. The third-order valence-electron chi connectivity index (χ3n) is 2.86. The minimum Gasteiger partial charge on any atom is -0.398 e. The number of carbonyl (C=O) groups is 1. The SMILES string of the molecule is CN(Cc1ccccc1)C(=O)c1cc(Cl)ccc1N. The van der Waals surface area contributed by atoms with E-state index in [1.165, 1.54) is 0 Å². The molecule has 3 nitrogen and oxygen atoms in total. The van der Waals surface area contributed by atoms with Gasteiger partial charge >= 0.3 is 0 Å². The third-order valence-corrected chi connectivity index (χ3v) is 3.09. The van der Waals surface area contributed by atoms with Gasteiger partial charge in [-0.1, -0.05) is 41.9 Å². The van der Waals surface area contributed by atoms with Crippen molar-refractivity contribution < 1.29 is 4.79 Å². The highest BCUT2D eigenvalue weighted by molar-refractivity contribution is 6.31. The van der Waals surface area contributed by atoms with Crippen LogP contribution < -0.4 is 5.73 Å². The number of benzene rings is 2. The van der Waals surface area contributed by atoms with Gasteiger partial charge in [0.15, 0.2) is 0 Å². The molecule has 0 aliphatic heterocycles. The van der Waals surface area contributed by atoms with Crippen LogP contribution in [0.25, 0.3) is 0 Å². The molecule has 2 rings (SSSR count). The first-order valence-corrected chi connectivity index (χ1v) is 6.30. The van der Waals surface area contributed by atoms with E-state index in [2.05, 4.69) is 0 Å².